The van der Waals surface area contributed by atoms with Crippen LogP contribution < -0.4 is 0 Å². The number of rotatable bonds is 10. The van der Waals surface area contributed by atoms with Crippen molar-refractivity contribution in [3.05, 3.63) is 130 Å². The van der Waals surface area contributed by atoms with E-state index >= 15 is 0 Å². The Labute approximate surface area is 271 Å². The van der Waals surface area contributed by atoms with Gasteiger partial charge in [0.1, 0.15) is 0 Å². The van der Waals surface area contributed by atoms with Gasteiger partial charge in [-0.05, 0) is 102 Å². The quantitative estimate of drug-likeness (QED) is 0.228. The lowest BCUT2D eigenvalue weighted by Crippen LogP contribution is -2.19. The SMILES string of the molecule is C.C.[2H]C([2H])([2H])C(/C=C/C=C(C)/C=C/C1=C(C)CCCC1(C)C)=C\C=C\C=C(\C=C\C=C(C)\C=C\C1=C(C)CCCC1(C)C)C([2H])([2H])[2H]. The zero-order chi connectivity index (χ0) is 34.8. The summed E-state index contributed by atoms with van der Waals surface area (Å²) in [5.41, 5.74) is 8.37. The van der Waals surface area contributed by atoms with Gasteiger partial charge in [0.15, 0.2) is 0 Å². The molecule has 0 spiro atoms. The molecular weight excluding hydrogens is 504 g/mol. The number of hydrogen-bond donors (Lipinski definition) is 0. The van der Waals surface area contributed by atoms with Crippen molar-refractivity contribution in [3.63, 3.8) is 0 Å². The zero-order valence-electron chi connectivity index (χ0n) is 32.3. The van der Waals surface area contributed by atoms with Crippen LogP contribution in [0.15, 0.2) is 130 Å². The maximum atomic E-state index is 7.95. The Hall–Kier alpha value is -2.86. The maximum Gasteiger partial charge on any atom is 0.0280 e. The van der Waals surface area contributed by atoms with Crippen LogP contribution in [0.5, 0.6) is 0 Å². The van der Waals surface area contributed by atoms with Gasteiger partial charge in [0.25, 0.3) is 0 Å². The summed E-state index contributed by atoms with van der Waals surface area (Å²) in [6.45, 7) is 13.0. The van der Waals surface area contributed by atoms with Crippen LogP contribution in [0, 0.1) is 10.8 Å². The highest BCUT2D eigenvalue weighted by atomic mass is 14.3. The fourth-order valence-electron chi connectivity index (χ4n) is 5.60. The minimum Gasteiger partial charge on any atom is -0.0776 e. The third-order valence-electron chi connectivity index (χ3n) is 8.04. The van der Waals surface area contributed by atoms with E-state index in [0.717, 1.165) is 24.0 Å². The van der Waals surface area contributed by atoms with Gasteiger partial charge >= 0.3 is 0 Å². The first kappa shape index (κ1) is 29.2. The Balaban J connectivity index is 0.0000110. The van der Waals surface area contributed by atoms with Crippen LogP contribution in [0.4, 0.5) is 0 Å². The van der Waals surface area contributed by atoms with Crippen molar-refractivity contribution < 1.29 is 8.22 Å². The minimum absolute atomic E-state index is 0. The molecule has 232 valence electrons. The van der Waals surface area contributed by atoms with E-state index in [2.05, 4.69) is 65.8 Å². The van der Waals surface area contributed by atoms with Crippen LogP contribution in [-0.2, 0) is 0 Å². The third kappa shape index (κ3) is 13.4. The fraction of sp³-hybridized carbons (Fsp3) is 0.476. The number of hydrogen-bond acceptors (Lipinski definition) is 0. The molecule has 0 heterocycles. The zero-order valence-corrected chi connectivity index (χ0v) is 26.3. The molecule has 0 unspecified atom stereocenters. The van der Waals surface area contributed by atoms with E-state index in [0.29, 0.717) is 0 Å². The molecule has 0 heteroatoms. The van der Waals surface area contributed by atoms with Crippen molar-refractivity contribution >= 4 is 0 Å². The summed E-state index contributed by atoms with van der Waals surface area (Å²) in [6, 6.07) is 0. The average molecular weight is 575 g/mol. The summed E-state index contributed by atoms with van der Waals surface area (Å²) in [5, 5.41) is 0. The van der Waals surface area contributed by atoms with E-state index in [9.17, 15) is 0 Å². The molecule has 0 bridgehead atoms. The van der Waals surface area contributed by atoms with Gasteiger partial charge in [-0.15, -0.1) is 0 Å². The van der Waals surface area contributed by atoms with Crippen molar-refractivity contribution in [3.8, 4) is 0 Å². The van der Waals surface area contributed by atoms with Gasteiger partial charge in [0.05, 0.1) is 0 Å². The Morgan fingerprint density at radius 3 is 1.26 bits per heavy atom. The normalized spacial score (nSPS) is 23.6. The summed E-state index contributed by atoms with van der Waals surface area (Å²) in [5.74, 6) is 0. The Morgan fingerprint density at radius 1 is 0.571 bits per heavy atom. The van der Waals surface area contributed by atoms with E-state index in [1.54, 1.807) is 36.5 Å². The van der Waals surface area contributed by atoms with E-state index in [1.807, 2.05) is 26.0 Å². The third-order valence-corrected chi connectivity index (χ3v) is 8.04. The highest BCUT2D eigenvalue weighted by molar-refractivity contribution is 5.39. The predicted molar refractivity (Wildman–Crippen MR) is 195 cm³/mol. The van der Waals surface area contributed by atoms with Gasteiger partial charge in [0.2, 0.25) is 0 Å². The lowest BCUT2D eigenvalue weighted by atomic mass is 9.72. The molecule has 2 rings (SSSR count). The first-order valence-corrected chi connectivity index (χ1v) is 14.8. The molecule has 0 fully saturated rings. The molecule has 0 aromatic carbocycles. The summed E-state index contributed by atoms with van der Waals surface area (Å²) in [7, 11) is 0. The van der Waals surface area contributed by atoms with Gasteiger partial charge in [0, 0.05) is 8.22 Å². The molecule has 0 aliphatic heterocycles. The maximum absolute atomic E-state index is 7.95. The van der Waals surface area contributed by atoms with Crippen molar-refractivity contribution in [2.45, 2.75) is 122 Å². The van der Waals surface area contributed by atoms with Crippen LogP contribution in [0.3, 0.4) is 0 Å². The van der Waals surface area contributed by atoms with E-state index in [-0.39, 0.29) is 36.8 Å². The predicted octanol–water partition coefficient (Wildman–Crippen LogP) is 13.9. The first-order chi connectivity index (χ1) is 21.2. The van der Waals surface area contributed by atoms with Gasteiger partial charge in [-0.3, -0.25) is 0 Å². The molecule has 0 amide bonds. The van der Waals surface area contributed by atoms with Gasteiger partial charge < -0.3 is 0 Å². The standard InChI is InChI=1S/C40H56.2CH4/c1-31(19-13-21-33(3)25-27-37-35(5)23-15-29-39(37,7)8)17-11-12-18-32(2)20-14-22-34(4)26-28-38-36(6)24-16-30-40(38,9)10;;/h11-14,17-22,25-28H,15-16,23-24,29-30H2,1-10H3;2*1H4/b12-11+,19-13+,20-14+,27-25+,28-26+,31-17+,32-18+,33-21+,34-22+;;/i1D3,2D3;;. The van der Waals surface area contributed by atoms with Crippen LogP contribution in [0.25, 0.3) is 0 Å². The molecule has 42 heavy (non-hydrogen) atoms. The molecule has 2 aliphatic carbocycles. The largest absolute Gasteiger partial charge is 0.0776 e. The van der Waals surface area contributed by atoms with Crippen molar-refractivity contribution in [1.82, 2.24) is 0 Å². The van der Waals surface area contributed by atoms with Gasteiger partial charge in [-0.1, -0.05) is 161 Å². The molecule has 0 saturated carbocycles. The van der Waals surface area contributed by atoms with E-state index in [1.165, 1.54) is 60.1 Å². The Bertz CT molecular complexity index is 1310. The monoisotopic (exact) mass is 575 g/mol. The number of allylic oxidation sites excluding steroid dienone is 22. The summed E-state index contributed by atoms with van der Waals surface area (Å²) in [4.78, 5) is 0. The lowest BCUT2D eigenvalue weighted by molar-refractivity contribution is 0.376. The van der Waals surface area contributed by atoms with Crippen LogP contribution in [0.2, 0.25) is 0 Å². The van der Waals surface area contributed by atoms with Crippen molar-refractivity contribution in [2.24, 2.45) is 10.8 Å². The first-order valence-electron chi connectivity index (χ1n) is 17.8. The van der Waals surface area contributed by atoms with Crippen LogP contribution in [-0.4, -0.2) is 0 Å². The average Bonchev–Trinajstić information content (AvgIpc) is 2.90. The molecule has 0 atom stereocenters. The fourth-order valence-corrected chi connectivity index (χ4v) is 5.60. The smallest absolute Gasteiger partial charge is 0.0280 e. The van der Waals surface area contributed by atoms with Crippen molar-refractivity contribution in [2.75, 3.05) is 0 Å². The molecule has 0 aromatic heterocycles. The second-order valence-corrected chi connectivity index (χ2v) is 12.7. The molecule has 0 nitrogen and oxygen atoms in total. The highest BCUT2D eigenvalue weighted by Crippen LogP contribution is 2.41. The molecule has 0 radical (unpaired) electrons. The topological polar surface area (TPSA) is 0 Å². The minimum atomic E-state index is -2.31. The van der Waals surface area contributed by atoms with Gasteiger partial charge in [-0.2, -0.15) is 0 Å². The van der Waals surface area contributed by atoms with Gasteiger partial charge in [-0.25, -0.2) is 0 Å². The summed E-state index contributed by atoms with van der Waals surface area (Å²) >= 11 is 0. The van der Waals surface area contributed by atoms with Crippen LogP contribution in [0.1, 0.15) is 131 Å². The Morgan fingerprint density at radius 2 is 0.929 bits per heavy atom. The summed E-state index contributed by atoms with van der Waals surface area (Å²) in [6.07, 6.45) is 32.3. The van der Waals surface area contributed by atoms with Crippen molar-refractivity contribution in [1.29, 1.82) is 0 Å². The molecule has 2 aliphatic rings. The van der Waals surface area contributed by atoms with E-state index < -0.39 is 13.7 Å². The second-order valence-electron chi connectivity index (χ2n) is 12.7. The van der Waals surface area contributed by atoms with E-state index in [4.69, 9.17) is 8.22 Å². The van der Waals surface area contributed by atoms with Crippen LogP contribution >= 0.6 is 0 Å². The summed E-state index contributed by atoms with van der Waals surface area (Å²) < 4.78 is 47.7. The molecule has 0 saturated heterocycles. The molecule has 0 aromatic rings. The Kier molecular flexibility index (Phi) is 13.0. The highest BCUT2D eigenvalue weighted by Gasteiger charge is 2.27. The molecule has 0 N–H and O–H groups in total. The molecular formula is C42H64. The second kappa shape index (κ2) is 18.6. The lowest BCUT2D eigenvalue weighted by Gasteiger charge is -2.33.